The van der Waals surface area contributed by atoms with Crippen molar-refractivity contribution in [2.45, 2.75) is 98.2 Å². The number of hydrogen-bond acceptors (Lipinski definition) is 8. The molecule has 13 heteroatoms. The summed E-state index contributed by atoms with van der Waals surface area (Å²) in [7, 11) is 0. The van der Waals surface area contributed by atoms with E-state index in [1.807, 2.05) is 20.8 Å². The lowest BCUT2D eigenvalue weighted by atomic mass is 9.84. The van der Waals surface area contributed by atoms with Gasteiger partial charge in [0.1, 0.15) is 23.5 Å². The third-order valence-corrected chi connectivity index (χ3v) is 9.08. The van der Waals surface area contributed by atoms with Crippen LogP contribution >= 0.6 is 11.8 Å². The van der Waals surface area contributed by atoms with Crippen molar-refractivity contribution in [1.29, 1.82) is 0 Å². The fourth-order valence-electron chi connectivity index (χ4n) is 5.23. The molecular weight excluding hydrogens is 598 g/mol. The predicted octanol–water partition coefficient (Wildman–Crippen LogP) is 2.62. The highest BCUT2D eigenvalue weighted by Gasteiger charge is 2.48. The quantitative estimate of drug-likeness (QED) is 0.0857. The number of thioether (sulfide) groups is 1. The van der Waals surface area contributed by atoms with Gasteiger partial charge in [-0.05, 0) is 54.1 Å². The SMILES string of the molecule is C=CCNC(=O)C(=O)C(NC(=O)[C@@H]1[C@@H](C(C)C)CCN1C(=O)[C@@H](NC(=O)N[C@H](C(=O)OCC1CC1)C(C)C)C(C)(C)C)SCC. The number of likely N-dealkylation sites (tertiary alicyclic amines) is 1. The fourth-order valence-corrected chi connectivity index (χ4v) is 6.02. The van der Waals surface area contributed by atoms with Gasteiger partial charge in [0.05, 0.1) is 6.61 Å². The van der Waals surface area contributed by atoms with Crippen LogP contribution in [0.2, 0.25) is 0 Å². The van der Waals surface area contributed by atoms with Gasteiger partial charge in [0, 0.05) is 13.1 Å². The number of nitrogens with one attached hydrogen (secondary N) is 4. The zero-order valence-corrected chi connectivity index (χ0v) is 28.9. The molecule has 0 spiro atoms. The first-order valence-corrected chi connectivity index (χ1v) is 17.0. The smallest absolute Gasteiger partial charge is 0.328 e. The van der Waals surface area contributed by atoms with E-state index < -0.39 is 64.4 Å². The lowest BCUT2D eigenvalue weighted by molar-refractivity contribution is -0.147. The van der Waals surface area contributed by atoms with E-state index in [1.54, 1.807) is 34.6 Å². The third-order valence-electron chi connectivity index (χ3n) is 8.08. The van der Waals surface area contributed by atoms with Crippen molar-refractivity contribution >= 4 is 47.3 Å². The number of hydrogen-bond donors (Lipinski definition) is 4. The van der Waals surface area contributed by atoms with Crippen LogP contribution in [0.25, 0.3) is 0 Å². The Balaban J connectivity index is 2.26. The molecule has 0 aromatic carbocycles. The standard InChI is InChI=1S/C32H53N5O7S/c1-10-15-33-27(40)24(38)28(45-11-2)36-26(39)23-21(18(3)4)14-16-37(23)29(41)25(32(7,8)9)35-31(43)34-22(19(5)6)30(42)44-17-20-12-13-20/h10,18-23,25,28H,1,11-17H2,2-9H3,(H,33,40)(H,36,39)(H2,34,35,43)/t21-,22+,23+,25-,28?/m1/s1. The summed E-state index contributed by atoms with van der Waals surface area (Å²) in [5.41, 5.74) is -0.759. The largest absolute Gasteiger partial charge is 0.464 e. The predicted molar refractivity (Wildman–Crippen MR) is 174 cm³/mol. The Morgan fingerprint density at radius 3 is 2.16 bits per heavy atom. The van der Waals surface area contributed by atoms with Crippen molar-refractivity contribution in [1.82, 2.24) is 26.2 Å². The first kappa shape index (κ1) is 38.1. The highest BCUT2D eigenvalue weighted by atomic mass is 32.2. The summed E-state index contributed by atoms with van der Waals surface area (Å²) < 4.78 is 5.41. The summed E-state index contributed by atoms with van der Waals surface area (Å²) in [6.45, 7) is 19.0. The van der Waals surface area contributed by atoms with E-state index in [2.05, 4.69) is 27.8 Å². The van der Waals surface area contributed by atoms with Gasteiger partial charge >= 0.3 is 12.0 Å². The molecule has 0 bridgehead atoms. The van der Waals surface area contributed by atoms with Crippen LogP contribution in [0.5, 0.6) is 0 Å². The van der Waals surface area contributed by atoms with Crippen LogP contribution in [0, 0.1) is 29.1 Å². The van der Waals surface area contributed by atoms with Crippen molar-refractivity contribution in [3.8, 4) is 0 Å². The minimum Gasteiger partial charge on any atom is -0.464 e. The molecule has 45 heavy (non-hydrogen) atoms. The van der Waals surface area contributed by atoms with E-state index in [-0.39, 0.29) is 30.8 Å². The van der Waals surface area contributed by atoms with Crippen LogP contribution in [-0.2, 0) is 28.7 Å². The molecule has 254 valence electrons. The maximum atomic E-state index is 14.2. The highest BCUT2D eigenvalue weighted by molar-refractivity contribution is 8.00. The average molecular weight is 652 g/mol. The van der Waals surface area contributed by atoms with Crippen LogP contribution in [0.4, 0.5) is 4.79 Å². The van der Waals surface area contributed by atoms with Crippen LogP contribution < -0.4 is 21.3 Å². The van der Waals surface area contributed by atoms with Gasteiger partial charge in [0.25, 0.3) is 11.7 Å². The van der Waals surface area contributed by atoms with E-state index in [1.165, 1.54) is 11.0 Å². The molecule has 2 fully saturated rings. The Labute approximate surface area is 272 Å². The number of rotatable bonds is 16. The monoisotopic (exact) mass is 651 g/mol. The van der Waals surface area contributed by atoms with Crippen molar-refractivity contribution < 1.29 is 33.5 Å². The number of carbonyl (C=O) groups is 6. The molecular formula is C32H53N5O7S. The maximum absolute atomic E-state index is 14.2. The Bertz CT molecular complexity index is 1100. The van der Waals surface area contributed by atoms with Crippen LogP contribution in [-0.4, -0.2) is 89.4 Å². The average Bonchev–Trinajstić information content (AvgIpc) is 3.68. The second kappa shape index (κ2) is 17.0. The van der Waals surface area contributed by atoms with Crippen molar-refractivity contribution in [2.75, 3.05) is 25.4 Å². The molecule has 1 saturated carbocycles. The minimum atomic E-state index is -1.13. The third kappa shape index (κ3) is 11.0. The molecule has 2 aliphatic rings. The Morgan fingerprint density at radius 2 is 1.64 bits per heavy atom. The summed E-state index contributed by atoms with van der Waals surface area (Å²) >= 11 is 1.12. The second-order valence-corrected chi connectivity index (χ2v) is 15.0. The van der Waals surface area contributed by atoms with E-state index in [9.17, 15) is 28.8 Å². The van der Waals surface area contributed by atoms with Gasteiger partial charge in [0.2, 0.25) is 11.8 Å². The zero-order valence-electron chi connectivity index (χ0n) is 28.1. The van der Waals surface area contributed by atoms with E-state index >= 15 is 0 Å². The number of esters is 1. The Kier molecular flexibility index (Phi) is 14.4. The molecule has 1 saturated heterocycles. The van der Waals surface area contributed by atoms with Crippen molar-refractivity contribution in [3.05, 3.63) is 12.7 Å². The lowest BCUT2D eigenvalue weighted by Crippen LogP contribution is -2.61. The van der Waals surface area contributed by atoms with E-state index in [0.717, 1.165) is 24.6 Å². The van der Waals surface area contributed by atoms with Gasteiger partial charge in [-0.2, -0.15) is 0 Å². The van der Waals surface area contributed by atoms with Gasteiger partial charge < -0.3 is 30.9 Å². The van der Waals surface area contributed by atoms with Gasteiger partial charge in [-0.25, -0.2) is 9.59 Å². The van der Waals surface area contributed by atoms with Gasteiger partial charge in [-0.1, -0.05) is 61.5 Å². The summed E-state index contributed by atoms with van der Waals surface area (Å²) in [5, 5.41) is 9.50. The number of amides is 5. The normalized spacial score (nSPS) is 20.2. The van der Waals surface area contributed by atoms with Gasteiger partial charge in [-0.15, -0.1) is 18.3 Å². The lowest BCUT2D eigenvalue weighted by Gasteiger charge is -2.37. The molecule has 4 N–H and O–H groups in total. The first-order valence-electron chi connectivity index (χ1n) is 15.9. The number of carbonyl (C=O) groups excluding carboxylic acids is 6. The second-order valence-electron chi connectivity index (χ2n) is 13.6. The molecule has 2 rings (SSSR count). The van der Waals surface area contributed by atoms with Gasteiger partial charge in [0.15, 0.2) is 0 Å². The Hall–Kier alpha value is -3.09. The topological polar surface area (TPSA) is 163 Å². The van der Waals surface area contributed by atoms with E-state index in [0.29, 0.717) is 24.7 Å². The number of nitrogens with zero attached hydrogens (tertiary/aromatic N) is 1. The fraction of sp³-hybridized carbons (Fsp3) is 0.750. The minimum absolute atomic E-state index is 0.0280. The number of ether oxygens (including phenoxy) is 1. The molecule has 0 radical (unpaired) electrons. The van der Waals surface area contributed by atoms with Gasteiger partial charge in [-0.3, -0.25) is 19.2 Å². The summed E-state index contributed by atoms with van der Waals surface area (Å²) in [5.74, 6) is -2.74. The maximum Gasteiger partial charge on any atom is 0.328 e. The van der Waals surface area contributed by atoms with Crippen molar-refractivity contribution in [3.63, 3.8) is 0 Å². The molecule has 1 unspecified atom stereocenters. The first-order chi connectivity index (χ1) is 21.0. The van der Waals surface area contributed by atoms with Crippen LogP contribution in [0.3, 0.4) is 0 Å². The van der Waals surface area contributed by atoms with Crippen molar-refractivity contribution in [2.24, 2.45) is 29.1 Å². The number of Topliss-reactive ketones (excluding diaryl/α,β-unsaturated/α-hetero) is 1. The number of urea groups is 1. The molecule has 5 atom stereocenters. The van der Waals surface area contributed by atoms with E-state index in [4.69, 9.17) is 4.74 Å². The van der Waals surface area contributed by atoms with Crippen LogP contribution in [0.1, 0.15) is 74.7 Å². The Morgan fingerprint density at radius 1 is 1.00 bits per heavy atom. The summed E-state index contributed by atoms with van der Waals surface area (Å²) in [6, 6.07) is -3.55. The molecule has 1 aliphatic carbocycles. The summed E-state index contributed by atoms with van der Waals surface area (Å²) in [4.78, 5) is 80.7. The molecule has 5 amide bonds. The molecule has 1 heterocycles. The highest BCUT2D eigenvalue weighted by Crippen LogP contribution is 2.34. The zero-order chi connectivity index (χ0) is 34.1. The van der Waals surface area contributed by atoms with Crippen LogP contribution in [0.15, 0.2) is 12.7 Å². The molecule has 1 aliphatic heterocycles. The molecule has 0 aromatic heterocycles. The molecule has 12 nitrogen and oxygen atoms in total. The number of ketones is 1. The summed E-state index contributed by atoms with van der Waals surface area (Å²) in [6.07, 6.45) is 4.04. The molecule has 0 aromatic rings.